The molecule has 1 aromatic heterocycles. The predicted molar refractivity (Wildman–Crippen MR) is 88.9 cm³/mol. The van der Waals surface area contributed by atoms with Gasteiger partial charge in [-0.25, -0.2) is 9.97 Å². The molecule has 22 heavy (non-hydrogen) atoms. The van der Waals surface area contributed by atoms with Crippen LogP contribution in [0.25, 0.3) is 0 Å². The van der Waals surface area contributed by atoms with Gasteiger partial charge in [-0.05, 0) is 18.9 Å². The van der Waals surface area contributed by atoms with Gasteiger partial charge in [0.15, 0.2) is 17.3 Å². The van der Waals surface area contributed by atoms with Crippen LogP contribution in [-0.2, 0) is 0 Å². The SMILES string of the molecule is CCCN=C(N)Nc1ccnc(SCCCC(=N)NC#N)n1. The molecule has 0 saturated carbocycles. The van der Waals surface area contributed by atoms with Gasteiger partial charge in [0.2, 0.25) is 0 Å². The Morgan fingerprint density at radius 1 is 1.59 bits per heavy atom. The summed E-state index contributed by atoms with van der Waals surface area (Å²) in [5.74, 6) is 1.93. The third-order valence-electron chi connectivity index (χ3n) is 2.40. The molecule has 0 aliphatic rings. The van der Waals surface area contributed by atoms with Crippen LogP contribution in [0.3, 0.4) is 0 Å². The van der Waals surface area contributed by atoms with Gasteiger partial charge in [-0.15, -0.1) is 0 Å². The minimum absolute atomic E-state index is 0.222. The average molecular weight is 320 g/mol. The highest BCUT2D eigenvalue weighted by molar-refractivity contribution is 7.99. The fourth-order valence-electron chi connectivity index (χ4n) is 1.43. The van der Waals surface area contributed by atoms with Gasteiger partial charge in [0.05, 0.1) is 0 Å². The molecular formula is C13H20N8S. The smallest absolute Gasteiger partial charge is 0.194 e. The summed E-state index contributed by atoms with van der Waals surface area (Å²) >= 11 is 1.49. The Morgan fingerprint density at radius 2 is 2.41 bits per heavy atom. The third-order valence-corrected chi connectivity index (χ3v) is 3.35. The number of amidine groups is 1. The van der Waals surface area contributed by atoms with Crippen LogP contribution in [-0.4, -0.2) is 34.1 Å². The van der Waals surface area contributed by atoms with E-state index in [-0.39, 0.29) is 5.84 Å². The van der Waals surface area contributed by atoms with Crippen LogP contribution in [0.4, 0.5) is 5.82 Å². The number of nitrogens with two attached hydrogens (primary N) is 1. The van der Waals surface area contributed by atoms with E-state index in [1.54, 1.807) is 18.5 Å². The van der Waals surface area contributed by atoms with Crippen molar-refractivity contribution in [1.82, 2.24) is 15.3 Å². The van der Waals surface area contributed by atoms with Crippen LogP contribution in [0.15, 0.2) is 22.4 Å². The third kappa shape index (κ3) is 7.44. The number of guanidine groups is 1. The van der Waals surface area contributed by atoms with E-state index in [2.05, 4.69) is 25.6 Å². The van der Waals surface area contributed by atoms with Crippen molar-refractivity contribution in [2.75, 3.05) is 17.6 Å². The van der Waals surface area contributed by atoms with E-state index in [4.69, 9.17) is 16.4 Å². The van der Waals surface area contributed by atoms with Gasteiger partial charge in [0.25, 0.3) is 0 Å². The van der Waals surface area contributed by atoms with E-state index in [0.29, 0.717) is 29.9 Å². The van der Waals surface area contributed by atoms with Crippen molar-refractivity contribution < 1.29 is 0 Å². The molecule has 0 fully saturated rings. The number of hydrogen-bond acceptors (Lipinski definition) is 6. The molecule has 0 saturated heterocycles. The molecule has 0 amide bonds. The number of anilines is 1. The van der Waals surface area contributed by atoms with Crippen LogP contribution < -0.4 is 16.4 Å². The minimum atomic E-state index is 0.222. The summed E-state index contributed by atoms with van der Waals surface area (Å²) in [6, 6.07) is 1.73. The van der Waals surface area contributed by atoms with Gasteiger partial charge in [-0.3, -0.25) is 15.7 Å². The largest absolute Gasteiger partial charge is 0.370 e. The van der Waals surface area contributed by atoms with E-state index >= 15 is 0 Å². The van der Waals surface area contributed by atoms with E-state index < -0.39 is 0 Å². The Labute approximate surface area is 134 Å². The average Bonchev–Trinajstić information content (AvgIpc) is 2.50. The summed E-state index contributed by atoms with van der Waals surface area (Å²) in [6.07, 6.45) is 5.61. The van der Waals surface area contributed by atoms with E-state index in [1.807, 2.05) is 6.92 Å². The zero-order chi connectivity index (χ0) is 16.2. The van der Waals surface area contributed by atoms with Gasteiger partial charge in [-0.2, -0.15) is 5.26 Å². The van der Waals surface area contributed by atoms with E-state index in [0.717, 1.165) is 18.6 Å². The lowest BCUT2D eigenvalue weighted by molar-refractivity contribution is 0.926. The fourth-order valence-corrected chi connectivity index (χ4v) is 2.19. The second-order valence-corrected chi connectivity index (χ2v) is 5.35. The molecule has 0 spiro atoms. The number of aliphatic imine (C=N–C) groups is 1. The van der Waals surface area contributed by atoms with Crippen molar-refractivity contribution in [1.29, 1.82) is 10.7 Å². The summed E-state index contributed by atoms with van der Waals surface area (Å²) in [4.78, 5) is 12.6. The Bertz CT molecular complexity index is 551. The molecule has 0 bridgehead atoms. The number of nitrogens with one attached hydrogen (secondary N) is 3. The van der Waals surface area contributed by atoms with Crippen molar-refractivity contribution in [2.45, 2.75) is 31.3 Å². The molecule has 8 nitrogen and oxygen atoms in total. The van der Waals surface area contributed by atoms with Crippen LogP contribution in [0, 0.1) is 16.9 Å². The fraction of sp³-hybridized carbons (Fsp3) is 0.462. The molecule has 0 aliphatic heterocycles. The van der Waals surface area contributed by atoms with Crippen LogP contribution in [0.1, 0.15) is 26.2 Å². The molecule has 118 valence electrons. The summed E-state index contributed by atoms with van der Waals surface area (Å²) < 4.78 is 0. The van der Waals surface area contributed by atoms with Gasteiger partial charge < -0.3 is 11.1 Å². The number of rotatable bonds is 8. The zero-order valence-corrected chi connectivity index (χ0v) is 13.3. The Hall–Kier alpha value is -2.34. The minimum Gasteiger partial charge on any atom is -0.370 e. The first kappa shape index (κ1) is 17.7. The summed E-state index contributed by atoms with van der Waals surface area (Å²) in [6.45, 7) is 2.70. The predicted octanol–water partition coefficient (Wildman–Crippen LogP) is 1.53. The summed E-state index contributed by atoms with van der Waals surface area (Å²) in [5, 5.41) is 21.7. The molecule has 9 heteroatoms. The molecule has 5 N–H and O–H groups in total. The first-order valence-electron chi connectivity index (χ1n) is 6.91. The lowest BCUT2D eigenvalue weighted by atomic mass is 10.3. The first-order chi connectivity index (χ1) is 10.7. The molecule has 0 radical (unpaired) electrons. The molecule has 0 unspecified atom stereocenters. The molecule has 1 aromatic rings. The molecular weight excluding hydrogens is 300 g/mol. The number of hydrogen-bond donors (Lipinski definition) is 4. The van der Waals surface area contributed by atoms with Crippen LogP contribution in [0.2, 0.25) is 0 Å². The topological polar surface area (TPSA) is 136 Å². The molecule has 0 atom stereocenters. The number of thioether (sulfide) groups is 1. The lowest BCUT2D eigenvalue weighted by Gasteiger charge is -2.06. The molecule has 0 aliphatic carbocycles. The second-order valence-electron chi connectivity index (χ2n) is 4.28. The maximum Gasteiger partial charge on any atom is 0.194 e. The lowest BCUT2D eigenvalue weighted by Crippen LogP contribution is -2.23. The molecule has 1 heterocycles. The highest BCUT2D eigenvalue weighted by Gasteiger charge is 2.02. The summed E-state index contributed by atoms with van der Waals surface area (Å²) in [5.41, 5.74) is 5.74. The Kier molecular flexibility index (Phi) is 8.37. The maximum absolute atomic E-state index is 8.37. The maximum atomic E-state index is 8.37. The number of nitriles is 1. The van der Waals surface area contributed by atoms with E-state index in [9.17, 15) is 0 Å². The van der Waals surface area contributed by atoms with Crippen molar-refractivity contribution in [3.05, 3.63) is 12.3 Å². The van der Waals surface area contributed by atoms with Crippen molar-refractivity contribution >= 4 is 29.4 Å². The first-order valence-corrected chi connectivity index (χ1v) is 7.89. The van der Waals surface area contributed by atoms with Crippen LogP contribution in [0.5, 0.6) is 0 Å². The number of nitrogens with zero attached hydrogens (tertiary/aromatic N) is 4. The second kappa shape index (κ2) is 10.4. The molecule has 1 rings (SSSR count). The van der Waals surface area contributed by atoms with Gasteiger partial charge >= 0.3 is 0 Å². The summed E-state index contributed by atoms with van der Waals surface area (Å²) in [7, 11) is 0. The van der Waals surface area contributed by atoms with Crippen molar-refractivity contribution in [2.24, 2.45) is 10.7 Å². The van der Waals surface area contributed by atoms with Gasteiger partial charge in [0, 0.05) is 24.9 Å². The van der Waals surface area contributed by atoms with E-state index in [1.165, 1.54) is 11.8 Å². The Morgan fingerprint density at radius 3 is 3.14 bits per heavy atom. The van der Waals surface area contributed by atoms with Gasteiger partial charge in [0.1, 0.15) is 11.7 Å². The van der Waals surface area contributed by atoms with Gasteiger partial charge in [-0.1, -0.05) is 18.7 Å². The molecule has 0 aromatic carbocycles. The number of aromatic nitrogens is 2. The quantitative estimate of drug-likeness (QED) is 0.108. The standard InChI is InChI=1S/C13H20N8S/c1-2-6-17-12(16)20-11-5-7-18-13(21-11)22-8-3-4-10(15)19-9-14/h5,7H,2-4,6,8H2,1H3,(H2,15,19)(H3,16,17,18,20,21). The van der Waals surface area contributed by atoms with Crippen molar-refractivity contribution in [3.8, 4) is 6.19 Å². The zero-order valence-electron chi connectivity index (χ0n) is 12.5. The highest BCUT2D eigenvalue weighted by atomic mass is 32.2. The highest BCUT2D eigenvalue weighted by Crippen LogP contribution is 2.16. The normalized spacial score (nSPS) is 10.8. The van der Waals surface area contributed by atoms with Crippen LogP contribution >= 0.6 is 11.8 Å². The Balaban J connectivity index is 2.41. The van der Waals surface area contributed by atoms with Crippen molar-refractivity contribution in [3.63, 3.8) is 0 Å². The monoisotopic (exact) mass is 320 g/mol.